The predicted molar refractivity (Wildman–Crippen MR) is 135 cm³/mol. The molecule has 7 nitrogen and oxygen atoms in total. The van der Waals surface area contributed by atoms with Crippen LogP contribution in [0.1, 0.15) is 23.9 Å². The lowest BCUT2D eigenvalue weighted by Crippen LogP contribution is -2.16. The van der Waals surface area contributed by atoms with E-state index in [-0.39, 0.29) is 45.1 Å². The Hall–Kier alpha value is -4.46. The third-order valence-electron chi connectivity index (χ3n) is 5.33. The van der Waals surface area contributed by atoms with Gasteiger partial charge in [-0.2, -0.15) is 36.4 Å². The Morgan fingerprint density at radius 1 is 1.07 bits per heavy atom. The first-order valence-electron chi connectivity index (χ1n) is 11.6. The summed E-state index contributed by atoms with van der Waals surface area (Å²) in [4.78, 5) is 19.8. The maximum absolute atomic E-state index is 13.9. The van der Waals surface area contributed by atoms with Crippen molar-refractivity contribution in [1.29, 1.82) is 0 Å². The highest BCUT2D eigenvalue weighted by Gasteiger charge is 2.43. The van der Waals surface area contributed by atoms with Crippen molar-refractivity contribution in [3.05, 3.63) is 88.6 Å². The predicted octanol–water partition coefficient (Wildman–Crippen LogP) is 7.48. The van der Waals surface area contributed by atoms with Gasteiger partial charge in [-0.3, -0.25) is 0 Å². The van der Waals surface area contributed by atoms with Gasteiger partial charge in [0.15, 0.2) is 17.2 Å². The summed E-state index contributed by atoms with van der Waals surface area (Å²) in [6, 6.07) is 9.27. The fraction of sp³-hybridized carbons (Fsp3) is 0.154. The maximum Gasteiger partial charge on any atom is 0.435 e. The summed E-state index contributed by atoms with van der Waals surface area (Å²) in [7, 11) is 0. The van der Waals surface area contributed by atoms with Crippen molar-refractivity contribution in [2.24, 2.45) is 0 Å². The average molecular weight is 600 g/mol. The van der Waals surface area contributed by atoms with Gasteiger partial charge in [-0.05, 0) is 48.4 Å². The summed E-state index contributed by atoms with van der Waals surface area (Å²) in [6.45, 7) is 1.76. The maximum atomic E-state index is 13.9. The number of alkyl halides is 6. The van der Waals surface area contributed by atoms with Crippen LogP contribution in [-0.4, -0.2) is 32.3 Å². The van der Waals surface area contributed by atoms with Gasteiger partial charge in [0.25, 0.3) is 0 Å². The second-order valence-corrected chi connectivity index (χ2v) is 8.62. The number of hydrogen-bond donors (Lipinski definition) is 1. The van der Waals surface area contributed by atoms with Crippen LogP contribution in [0.4, 0.5) is 42.4 Å². The van der Waals surface area contributed by atoms with Crippen molar-refractivity contribution in [1.82, 2.24) is 19.7 Å². The van der Waals surface area contributed by atoms with E-state index in [1.807, 2.05) is 0 Å². The molecule has 214 valence electrons. The first-order valence-corrected chi connectivity index (χ1v) is 11.9. The summed E-state index contributed by atoms with van der Waals surface area (Å²) in [5.41, 5.74) is -2.90. The van der Waals surface area contributed by atoms with Crippen molar-refractivity contribution >= 4 is 35.3 Å². The molecule has 0 spiro atoms. The zero-order valence-corrected chi connectivity index (χ0v) is 21.4. The largest absolute Gasteiger partial charge is 0.463 e. The molecule has 15 heteroatoms. The Bertz CT molecular complexity index is 1620. The zero-order chi connectivity index (χ0) is 29.9. The van der Waals surface area contributed by atoms with Crippen molar-refractivity contribution in [3.63, 3.8) is 0 Å². The lowest BCUT2D eigenvalue weighted by atomic mass is 10.0. The molecule has 41 heavy (non-hydrogen) atoms. The minimum Gasteiger partial charge on any atom is -0.463 e. The number of hydrogen-bond acceptors (Lipinski definition) is 6. The van der Waals surface area contributed by atoms with Gasteiger partial charge in [0.1, 0.15) is 5.82 Å². The zero-order valence-electron chi connectivity index (χ0n) is 20.7. The number of carbonyl (C=O) groups is 1. The third kappa shape index (κ3) is 7.01. The lowest BCUT2D eigenvalue weighted by molar-refractivity contribution is -0.143. The molecule has 0 saturated heterocycles. The van der Waals surface area contributed by atoms with Gasteiger partial charge in [0.2, 0.25) is 5.95 Å². The number of esters is 1. The van der Waals surface area contributed by atoms with Crippen LogP contribution in [0, 0.1) is 5.82 Å². The van der Waals surface area contributed by atoms with E-state index < -0.39 is 41.3 Å². The number of halogens is 8. The Morgan fingerprint density at radius 3 is 2.49 bits per heavy atom. The average Bonchev–Trinajstić information content (AvgIpc) is 3.37. The molecule has 1 N–H and O–H groups in total. The number of aromatic nitrogens is 4. The van der Waals surface area contributed by atoms with Gasteiger partial charge in [-0.15, -0.1) is 0 Å². The van der Waals surface area contributed by atoms with Crippen LogP contribution in [-0.2, 0) is 21.9 Å². The second kappa shape index (κ2) is 11.6. The SMILES string of the molecule is CCOC(=O)/C=C/c1cccc(-c2cnc(Nc3ccc(F)c(Cl)c3)nc2-n2nc(C(F)(F)F)cc2C(F)(F)F)c1. The van der Waals surface area contributed by atoms with Gasteiger partial charge < -0.3 is 10.1 Å². The smallest absolute Gasteiger partial charge is 0.435 e. The summed E-state index contributed by atoms with van der Waals surface area (Å²) in [5.74, 6) is -2.37. The van der Waals surface area contributed by atoms with E-state index in [4.69, 9.17) is 16.3 Å². The molecule has 0 aliphatic rings. The highest BCUT2D eigenvalue weighted by atomic mass is 35.5. The fourth-order valence-corrected chi connectivity index (χ4v) is 3.73. The molecule has 0 saturated carbocycles. The molecule has 0 amide bonds. The van der Waals surface area contributed by atoms with E-state index in [1.165, 1.54) is 30.3 Å². The Morgan fingerprint density at radius 2 is 1.83 bits per heavy atom. The molecule has 4 rings (SSSR count). The molecule has 2 heterocycles. The third-order valence-corrected chi connectivity index (χ3v) is 5.62. The number of carbonyl (C=O) groups excluding carboxylic acids is 1. The standard InChI is InChI=1S/C26H17ClF7N5O2/c1-2-41-22(40)9-6-14-4-3-5-15(10-14)17-13-35-24(36-16-7-8-19(28)18(27)11-16)37-23(17)39-21(26(32,33)34)12-20(38-39)25(29,30)31/h3-13H,2H2,1H3,(H,35,36,37)/b9-6+. The molecule has 2 aromatic heterocycles. The van der Waals surface area contributed by atoms with Crippen LogP contribution in [0.5, 0.6) is 0 Å². The summed E-state index contributed by atoms with van der Waals surface area (Å²) >= 11 is 5.77. The van der Waals surface area contributed by atoms with Crippen LogP contribution in [0.2, 0.25) is 5.02 Å². The molecule has 4 aromatic rings. The van der Waals surface area contributed by atoms with Gasteiger partial charge in [0.05, 0.1) is 11.6 Å². The van der Waals surface area contributed by atoms with Gasteiger partial charge in [-0.1, -0.05) is 29.8 Å². The number of benzene rings is 2. The van der Waals surface area contributed by atoms with Crippen LogP contribution >= 0.6 is 11.6 Å². The van der Waals surface area contributed by atoms with Crippen LogP contribution in [0.25, 0.3) is 23.0 Å². The number of ether oxygens (including phenoxy) is 1. The number of anilines is 2. The molecular formula is C26H17ClF7N5O2. The van der Waals surface area contributed by atoms with Crippen LogP contribution in [0.3, 0.4) is 0 Å². The minimum atomic E-state index is -5.25. The normalized spacial score (nSPS) is 12.1. The molecule has 0 atom stereocenters. The molecule has 0 bridgehead atoms. The van der Waals surface area contributed by atoms with Crippen LogP contribution in [0.15, 0.2) is 60.8 Å². The molecule has 0 fully saturated rings. The molecule has 0 radical (unpaired) electrons. The van der Waals surface area contributed by atoms with Gasteiger partial charge in [0, 0.05) is 29.6 Å². The van der Waals surface area contributed by atoms with E-state index in [2.05, 4.69) is 20.4 Å². The lowest BCUT2D eigenvalue weighted by Gasteiger charge is -2.15. The number of rotatable bonds is 7. The molecular weight excluding hydrogens is 583 g/mol. The van der Waals surface area contributed by atoms with E-state index in [9.17, 15) is 35.5 Å². The van der Waals surface area contributed by atoms with Crippen molar-refractivity contribution in [2.45, 2.75) is 19.3 Å². The number of nitrogens with one attached hydrogen (secondary N) is 1. The molecule has 0 aliphatic carbocycles. The quantitative estimate of drug-likeness (QED) is 0.135. The van der Waals surface area contributed by atoms with Gasteiger partial charge in [-0.25, -0.2) is 18.9 Å². The second-order valence-electron chi connectivity index (χ2n) is 8.22. The fourth-order valence-electron chi connectivity index (χ4n) is 3.55. The van der Waals surface area contributed by atoms with E-state index in [1.54, 1.807) is 13.0 Å². The summed E-state index contributed by atoms with van der Waals surface area (Å²) in [5, 5.41) is 5.54. The van der Waals surface area contributed by atoms with Crippen molar-refractivity contribution in [3.8, 4) is 16.9 Å². The Balaban J connectivity index is 1.89. The number of nitrogens with zero attached hydrogens (tertiary/aromatic N) is 4. The van der Waals surface area contributed by atoms with Gasteiger partial charge >= 0.3 is 18.3 Å². The minimum absolute atomic E-state index is 0.0315. The van der Waals surface area contributed by atoms with E-state index in [0.29, 0.717) is 5.56 Å². The highest BCUT2D eigenvalue weighted by Crippen LogP contribution is 2.38. The molecule has 0 aliphatic heterocycles. The van der Waals surface area contributed by atoms with E-state index >= 15 is 0 Å². The monoisotopic (exact) mass is 599 g/mol. The van der Waals surface area contributed by atoms with Crippen molar-refractivity contribution < 1.29 is 40.3 Å². The highest BCUT2D eigenvalue weighted by molar-refractivity contribution is 6.31. The first kappa shape index (κ1) is 29.5. The first-order chi connectivity index (χ1) is 19.3. The topological polar surface area (TPSA) is 81.9 Å². The Labute approximate surface area is 232 Å². The van der Waals surface area contributed by atoms with E-state index in [0.717, 1.165) is 24.4 Å². The summed E-state index contributed by atoms with van der Waals surface area (Å²) in [6.07, 6.45) is -6.85. The van der Waals surface area contributed by atoms with Crippen molar-refractivity contribution in [2.75, 3.05) is 11.9 Å². The molecule has 2 aromatic carbocycles. The summed E-state index contributed by atoms with van der Waals surface area (Å²) < 4.78 is 100. The Kier molecular flexibility index (Phi) is 8.33. The van der Waals surface area contributed by atoms with Crippen LogP contribution < -0.4 is 5.32 Å². The molecule has 0 unspecified atom stereocenters.